The molecule has 1 aromatic carbocycles. The van der Waals surface area contributed by atoms with Crippen LogP contribution in [0.4, 0.5) is 0 Å². The third-order valence-electron chi connectivity index (χ3n) is 3.77. The van der Waals surface area contributed by atoms with Gasteiger partial charge < -0.3 is 9.47 Å². The summed E-state index contributed by atoms with van der Waals surface area (Å²) in [4.78, 5) is 0. The zero-order chi connectivity index (χ0) is 13.0. The average molecular weight is 269 g/mol. The van der Waals surface area contributed by atoms with Gasteiger partial charge in [0.05, 0.1) is 14.2 Å². The van der Waals surface area contributed by atoms with Crippen molar-refractivity contribution in [1.82, 2.24) is 0 Å². The monoisotopic (exact) mass is 268 g/mol. The fourth-order valence-corrected chi connectivity index (χ4v) is 3.15. The van der Waals surface area contributed by atoms with Gasteiger partial charge in [0.1, 0.15) is 0 Å². The molecule has 1 fully saturated rings. The first-order valence-corrected chi connectivity index (χ1v) is 7.06. The smallest absolute Gasteiger partial charge is 0.160 e. The lowest BCUT2D eigenvalue weighted by Gasteiger charge is -2.21. The van der Waals surface area contributed by atoms with E-state index in [0.717, 1.165) is 17.9 Å². The first-order chi connectivity index (χ1) is 8.76. The topological polar surface area (TPSA) is 18.5 Å². The summed E-state index contributed by atoms with van der Waals surface area (Å²) in [6.07, 6.45) is 6.09. The molecule has 1 aliphatic rings. The molecule has 0 radical (unpaired) electrons. The fraction of sp³-hybridized carbons (Fsp3) is 0.600. The van der Waals surface area contributed by atoms with Crippen LogP contribution in [0, 0.1) is 0 Å². The average Bonchev–Trinajstić information content (AvgIpc) is 2.62. The third kappa shape index (κ3) is 2.92. The SMILES string of the molecule is COc1ccc(C2CCCCCC2Cl)cc1OC. The largest absolute Gasteiger partial charge is 0.493 e. The quantitative estimate of drug-likeness (QED) is 0.599. The van der Waals surface area contributed by atoms with Gasteiger partial charge in [0, 0.05) is 11.3 Å². The molecule has 2 rings (SSSR count). The molecule has 0 heterocycles. The lowest BCUT2D eigenvalue weighted by molar-refractivity contribution is 0.354. The van der Waals surface area contributed by atoms with E-state index in [4.69, 9.17) is 21.1 Å². The predicted octanol–water partition coefficient (Wildman–Crippen LogP) is 4.36. The highest BCUT2D eigenvalue weighted by molar-refractivity contribution is 6.21. The van der Waals surface area contributed by atoms with Gasteiger partial charge in [0.2, 0.25) is 0 Å². The van der Waals surface area contributed by atoms with Crippen LogP contribution in [0.1, 0.15) is 43.6 Å². The van der Waals surface area contributed by atoms with E-state index in [0.29, 0.717) is 5.92 Å². The van der Waals surface area contributed by atoms with Crippen molar-refractivity contribution in [3.8, 4) is 11.5 Å². The number of ether oxygens (including phenoxy) is 2. The summed E-state index contributed by atoms with van der Waals surface area (Å²) >= 11 is 6.52. The standard InChI is InChI=1S/C15H21ClO2/c1-17-14-9-8-11(10-15(14)18-2)12-6-4-3-5-7-13(12)16/h8-10,12-13H,3-7H2,1-2H3. The van der Waals surface area contributed by atoms with Gasteiger partial charge in [-0.05, 0) is 30.5 Å². The van der Waals surface area contributed by atoms with Crippen LogP contribution in [-0.4, -0.2) is 19.6 Å². The van der Waals surface area contributed by atoms with Crippen molar-refractivity contribution in [1.29, 1.82) is 0 Å². The first-order valence-electron chi connectivity index (χ1n) is 6.62. The zero-order valence-electron chi connectivity index (χ0n) is 11.1. The van der Waals surface area contributed by atoms with E-state index in [-0.39, 0.29) is 5.38 Å². The van der Waals surface area contributed by atoms with Crippen molar-refractivity contribution >= 4 is 11.6 Å². The Hall–Kier alpha value is -0.890. The summed E-state index contributed by atoms with van der Waals surface area (Å²) in [5, 5.41) is 0.241. The van der Waals surface area contributed by atoms with E-state index < -0.39 is 0 Å². The molecule has 0 aliphatic heterocycles. The van der Waals surface area contributed by atoms with Crippen LogP contribution in [0.15, 0.2) is 18.2 Å². The first kappa shape index (κ1) is 13.5. The van der Waals surface area contributed by atoms with Crippen LogP contribution in [0.5, 0.6) is 11.5 Å². The molecular weight excluding hydrogens is 248 g/mol. The molecule has 0 N–H and O–H groups in total. The molecular formula is C15H21ClO2. The van der Waals surface area contributed by atoms with Crippen molar-refractivity contribution in [2.45, 2.75) is 43.4 Å². The number of benzene rings is 1. The van der Waals surface area contributed by atoms with Crippen molar-refractivity contribution in [2.24, 2.45) is 0 Å². The van der Waals surface area contributed by atoms with Gasteiger partial charge >= 0.3 is 0 Å². The Morgan fingerprint density at radius 3 is 2.44 bits per heavy atom. The normalized spacial score (nSPS) is 24.4. The summed E-state index contributed by atoms with van der Waals surface area (Å²) in [6, 6.07) is 6.17. The van der Waals surface area contributed by atoms with Gasteiger partial charge in [-0.1, -0.05) is 25.3 Å². The highest BCUT2D eigenvalue weighted by Crippen LogP contribution is 2.38. The van der Waals surface area contributed by atoms with Crippen LogP contribution in [-0.2, 0) is 0 Å². The molecule has 2 nitrogen and oxygen atoms in total. The number of hydrogen-bond donors (Lipinski definition) is 0. The minimum Gasteiger partial charge on any atom is -0.493 e. The van der Waals surface area contributed by atoms with Gasteiger partial charge in [0.25, 0.3) is 0 Å². The number of halogens is 1. The molecule has 100 valence electrons. The number of rotatable bonds is 3. The van der Waals surface area contributed by atoms with E-state index in [1.165, 1.54) is 31.2 Å². The second kappa shape index (κ2) is 6.33. The van der Waals surface area contributed by atoms with E-state index in [1.807, 2.05) is 6.07 Å². The zero-order valence-corrected chi connectivity index (χ0v) is 11.9. The predicted molar refractivity (Wildman–Crippen MR) is 75.0 cm³/mol. The van der Waals surface area contributed by atoms with Crippen LogP contribution in [0.25, 0.3) is 0 Å². The van der Waals surface area contributed by atoms with E-state index in [9.17, 15) is 0 Å². The van der Waals surface area contributed by atoms with Crippen molar-refractivity contribution < 1.29 is 9.47 Å². The maximum atomic E-state index is 6.52. The Balaban J connectivity index is 2.26. The maximum absolute atomic E-state index is 6.52. The summed E-state index contributed by atoms with van der Waals surface area (Å²) in [5.41, 5.74) is 1.27. The molecule has 0 spiro atoms. The van der Waals surface area contributed by atoms with Crippen molar-refractivity contribution in [3.63, 3.8) is 0 Å². The van der Waals surface area contributed by atoms with Crippen LogP contribution < -0.4 is 9.47 Å². The molecule has 0 aromatic heterocycles. The molecule has 2 atom stereocenters. The Bertz CT molecular complexity index is 392. The van der Waals surface area contributed by atoms with Crippen LogP contribution in [0.2, 0.25) is 0 Å². The third-order valence-corrected chi connectivity index (χ3v) is 4.29. The Morgan fingerprint density at radius 1 is 1.00 bits per heavy atom. The summed E-state index contributed by atoms with van der Waals surface area (Å²) < 4.78 is 10.6. The van der Waals surface area contributed by atoms with Crippen molar-refractivity contribution in [3.05, 3.63) is 23.8 Å². The molecule has 1 saturated carbocycles. The highest BCUT2D eigenvalue weighted by atomic mass is 35.5. The van der Waals surface area contributed by atoms with Crippen molar-refractivity contribution in [2.75, 3.05) is 14.2 Å². The maximum Gasteiger partial charge on any atom is 0.160 e. The van der Waals surface area contributed by atoms with Gasteiger partial charge in [-0.2, -0.15) is 0 Å². The minimum absolute atomic E-state index is 0.241. The van der Waals surface area contributed by atoms with Gasteiger partial charge in [-0.25, -0.2) is 0 Å². The molecule has 1 aliphatic carbocycles. The second-order valence-electron chi connectivity index (χ2n) is 4.87. The lowest BCUT2D eigenvalue weighted by atomic mass is 9.91. The van der Waals surface area contributed by atoms with E-state index >= 15 is 0 Å². The van der Waals surface area contributed by atoms with Gasteiger partial charge in [0.15, 0.2) is 11.5 Å². The summed E-state index contributed by atoms with van der Waals surface area (Å²) in [7, 11) is 3.33. The minimum atomic E-state index is 0.241. The summed E-state index contributed by atoms with van der Waals surface area (Å²) in [5.74, 6) is 2.01. The van der Waals surface area contributed by atoms with Crippen LogP contribution >= 0.6 is 11.6 Å². The number of hydrogen-bond acceptors (Lipinski definition) is 2. The highest BCUT2D eigenvalue weighted by Gasteiger charge is 2.24. The van der Waals surface area contributed by atoms with E-state index in [1.54, 1.807) is 14.2 Å². The molecule has 2 unspecified atom stereocenters. The Kier molecular flexibility index (Phi) is 4.76. The molecule has 18 heavy (non-hydrogen) atoms. The van der Waals surface area contributed by atoms with E-state index in [2.05, 4.69) is 12.1 Å². The second-order valence-corrected chi connectivity index (χ2v) is 5.44. The number of alkyl halides is 1. The molecule has 0 bridgehead atoms. The van der Waals surface area contributed by atoms with Crippen LogP contribution in [0.3, 0.4) is 0 Å². The Morgan fingerprint density at radius 2 is 1.72 bits per heavy atom. The molecule has 0 saturated heterocycles. The van der Waals surface area contributed by atoms with Gasteiger partial charge in [-0.3, -0.25) is 0 Å². The fourth-order valence-electron chi connectivity index (χ4n) is 2.72. The summed E-state index contributed by atoms with van der Waals surface area (Å²) in [6.45, 7) is 0. The number of methoxy groups -OCH3 is 2. The Labute approximate surface area is 114 Å². The van der Waals surface area contributed by atoms with Gasteiger partial charge in [-0.15, -0.1) is 11.6 Å². The molecule has 0 amide bonds. The molecule has 1 aromatic rings. The lowest BCUT2D eigenvalue weighted by Crippen LogP contribution is -2.11. The molecule has 3 heteroatoms.